The lowest BCUT2D eigenvalue weighted by molar-refractivity contribution is -0.267. The number of nitrogens with zero attached hydrogens (tertiary/aromatic N) is 4. The Labute approximate surface area is 281 Å². The minimum absolute atomic E-state index is 0.0440. The van der Waals surface area contributed by atoms with E-state index in [9.17, 15) is 21.0 Å². The molecule has 0 radical (unpaired) electrons. The Bertz CT molecular complexity index is 2300. The van der Waals surface area contributed by atoms with Crippen LogP contribution in [0.2, 0.25) is 0 Å². The molecular formula is C44H32N4. The summed E-state index contributed by atoms with van der Waals surface area (Å²) < 4.78 is 0. The standard InChI is InChI=1S/C44H32N4/c1-25-5-13-31(14-6-25)41-37(30(23-47)24-48)38-36-35(29(21-45)22-46)39-42(38,32-15-7-26(2)8-16-32)44(41,34-19-11-28(4)12-20-34)43(39,40(36)41)33-17-9-27(3)10-18-33/h5-20,36,38-40H,1-4H3. The molecular weight excluding hydrogens is 585 g/mol. The second-order valence-corrected chi connectivity index (χ2v) is 14.7. The summed E-state index contributed by atoms with van der Waals surface area (Å²) in [7, 11) is 0. The van der Waals surface area contributed by atoms with Crippen LogP contribution >= 0.6 is 0 Å². The molecule has 6 fully saturated rings. The van der Waals surface area contributed by atoms with Crippen LogP contribution in [0, 0.1) is 96.7 Å². The van der Waals surface area contributed by atoms with Gasteiger partial charge in [-0.25, -0.2) is 0 Å². The van der Waals surface area contributed by atoms with Gasteiger partial charge >= 0.3 is 0 Å². The van der Waals surface area contributed by atoms with E-state index >= 15 is 0 Å². The number of aryl methyl sites for hydroxylation is 4. The minimum atomic E-state index is -0.712. The predicted octanol–water partition coefficient (Wildman–Crippen LogP) is 8.19. The lowest BCUT2D eigenvalue weighted by Crippen LogP contribution is -2.94. The van der Waals surface area contributed by atoms with E-state index in [0.29, 0.717) is 0 Å². The van der Waals surface area contributed by atoms with Crippen molar-refractivity contribution in [3.8, 4) is 24.3 Å². The lowest BCUT2D eigenvalue weighted by atomic mass is 9.12. The fourth-order valence-electron chi connectivity index (χ4n) is 12.7. The highest BCUT2D eigenvalue weighted by atomic mass is 15.1. The molecule has 4 aromatic rings. The maximum atomic E-state index is 10.8. The minimum Gasteiger partial charge on any atom is -0.192 e. The van der Waals surface area contributed by atoms with E-state index in [2.05, 4.69) is 149 Å². The molecule has 4 nitrogen and oxygen atoms in total. The summed E-state index contributed by atoms with van der Waals surface area (Å²) in [4.78, 5) is 0. The summed E-state index contributed by atoms with van der Waals surface area (Å²) >= 11 is 0. The maximum absolute atomic E-state index is 10.8. The third kappa shape index (κ3) is 2.52. The molecule has 0 heterocycles. The summed E-state index contributed by atoms with van der Waals surface area (Å²) in [6.07, 6.45) is 0. The summed E-state index contributed by atoms with van der Waals surface area (Å²) in [5.41, 5.74) is 9.07. The molecule has 6 saturated carbocycles. The van der Waals surface area contributed by atoms with Gasteiger partial charge in [0.1, 0.15) is 35.4 Å². The molecule has 4 aromatic carbocycles. The Morgan fingerprint density at radius 1 is 0.500 bits per heavy atom. The predicted molar refractivity (Wildman–Crippen MR) is 182 cm³/mol. The van der Waals surface area contributed by atoms with Crippen LogP contribution in [0.3, 0.4) is 0 Å². The summed E-state index contributed by atoms with van der Waals surface area (Å²) in [5.74, 6) is -0.573. The molecule has 0 aliphatic heterocycles. The fraction of sp³-hybridized carbons (Fsp3) is 0.273. The van der Waals surface area contributed by atoms with E-state index in [1.165, 1.54) is 16.7 Å². The average molecular weight is 617 g/mol. The van der Waals surface area contributed by atoms with Gasteiger partial charge in [-0.1, -0.05) is 119 Å². The van der Waals surface area contributed by atoms with Crippen LogP contribution in [0.1, 0.15) is 44.5 Å². The molecule has 0 saturated heterocycles. The molecule has 6 aliphatic carbocycles. The van der Waals surface area contributed by atoms with Crippen molar-refractivity contribution >= 4 is 0 Å². The number of hydrogen-bond donors (Lipinski definition) is 0. The van der Waals surface area contributed by atoms with Gasteiger partial charge in [0, 0.05) is 33.5 Å². The molecule has 10 rings (SSSR count). The number of rotatable bonds is 4. The second kappa shape index (κ2) is 9.02. The van der Waals surface area contributed by atoms with Gasteiger partial charge in [-0.2, -0.15) is 21.0 Å². The SMILES string of the molecule is Cc1ccc(C23C(=C(C#N)C#N)C4C5C(=C(C#N)C#N)C6C4(c4ccc(C)cc4)C2(c2ccc(C)cc2)C6(c2ccc(C)cc2)C53)cc1. The monoisotopic (exact) mass is 616 g/mol. The zero-order valence-electron chi connectivity index (χ0n) is 27.3. The maximum Gasteiger partial charge on any atom is 0.130 e. The van der Waals surface area contributed by atoms with E-state index in [4.69, 9.17) is 0 Å². The van der Waals surface area contributed by atoms with E-state index < -0.39 is 21.7 Å². The third-order valence-corrected chi connectivity index (χ3v) is 13.4. The van der Waals surface area contributed by atoms with Crippen LogP contribution in [0.25, 0.3) is 0 Å². The Balaban J connectivity index is 1.57. The molecule has 48 heavy (non-hydrogen) atoms. The van der Waals surface area contributed by atoms with Gasteiger partial charge < -0.3 is 0 Å². The first-order chi connectivity index (χ1) is 23.3. The van der Waals surface area contributed by atoms with Crippen LogP contribution in [-0.4, -0.2) is 0 Å². The van der Waals surface area contributed by atoms with Crippen molar-refractivity contribution in [2.24, 2.45) is 23.7 Å². The van der Waals surface area contributed by atoms with E-state index in [1.807, 2.05) is 0 Å². The van der Waals surface area contributed by atoms with Gasteiger partial charge in [-0.05, 0) is 72.9 Å². The number of nitriles is 4. The topological polar surface area (TPSA) is 95.2 Å². The van der Waals surface area contributed by atoms with E-state index in [0.717, 1.165) is 39.0 Å². The van der Waals surface area contributed by atoms with Gasteiger partial charge in [0.05, 0.1) is 0 Å². The van der Waals surface area contributed by atoms with Crippen molar-refractivity contribution in [2.75, 3.05) is 0 Å². The third-order valence-electron chi connectivity index (χ3n) is 13.4. The summed E-state index contributed by atoms with van der Waals surface area (Å²) in [5, 5.41) is 42.7. The molecule has 4 heteroatoms. The molecule has 228 valence electrons. The first-order valence-electron chi connectivity index (χ1n) is 16.7. The first-order valence-corrected chi connectivity index (χ1v) is 16.7. The molecule has 0 amide bonds. The summed E-state index contributed by atoms with van der Waals surface area (Å²) in [6, 6.07) is 44.8. The van der Waals surface area contributed by atoms with Gasteiger partial charge in [-0.15, -0.1) is 0 Å². The highest BCUT2D eigenvalue weighted by molar-refractivity contribution is 5.88. The zero-order valence-corrected chi connectivity index (χ0v) is 27.3. The average Bonchev–Trinajstić information content (AvgIpc) is 3.60. The van der Waals surface area contributed by atoms with Gasteiger partial charge in [0.15, 0.2) is 0 Å². The molecule has 0 spiro atoms. The molecule has 0 aromatic heterocycles. The van der Waals surface area contributed by atoms with Crippen molar-refractivity contribution in [1.29, 1.82) is 21.0 Å². The number of hydrogen-bond acceptors (Lipinski definition) is 4. The van der Waals surface area contributed by atoms with Crippen LogP contribution in [0.4, 0.5) is 0 Å². The van der Waals surface area contributed by atoms with Gasteiger partial charge in [0.2, 0.25) is 0 Å². The Kier molecular flexibility index (Phi) is 5.36. The molecule has 8 atom stereocenters. The van der Waals surface area contributed by atoms with Crippen molar-refractivity contribution in [3.63, 3.8) is 0 Å². The largest absolute Gasteiger partial charge is 0.192 e. The zero-order chi connectivity index (χ0) is 33.4. The van der Waals surface area contributed by atoms with Gasteiger partial charge in [0.25, 0.3) is 0 Å². The lowest BCUT2D eigenvalue weighted by Gasteiger charge is -2.88. The van der Waals surface area contributed by atoms with E-state index in [1.54, 1.807) is 0 Å². The summed E-state index contributed by atoms with van der Waals surface area (Å²) in [6.45, 7) is 8.38. The van der Waals surface area contributed by atoms with Crippen molar-refractivity contribution in [2.45, 2.75) is 49.4 Å². The normalized spacial score (nSPS) is 33.6. The Morgan fingerprint density at radius 3 is 1.33 bits per heavy atom. The second-order valence-electron chi connectivity index (χ2n) is 14.7. The highest BCUT2D eigenvalue weighted by Gasteiger charge is 3.10. The number of benzene rings is 4. The van der Waals surface area contributed by atoms with E-state index in [-0.39, 0.29) is 34.8 Å². The van der Waals surface area contributed by atoms with Crippen LogP contribution in [0.5, 0.6) is 0 Å². The molecule has 6 aliphatic rings. The molecule has 0 N–H and O–H groups in total. The Hall–Kier alpha value is -5.68. The van der Waals surface area contributed by atoms with Crippen LogP contribution in [-0.2, 0) is 21.7 Å². The quantitative estimate of drug-likeness (QED) is 0.216. The number of allylic oxidation sites excluding steroid dienone is 4. The van der Waals surface area contributed by atoms with Crippen molar-refractivity contribution in [3.05, 3.63) is 164 Å². The molecule has 8 unspecified atom stereocenters. The fourth-order valence-corrected chi connectivity index (χ4v) is 12.7. The first kappa shape index (κ1) is 28.5. The van der Waals surface area contributed by atoms with Crippen molar-refractivity contribution < 1.29 is 0 Å². The smallest absolute Gasteiger partial charge is 0.130 e. The Morgan fingerprint density at radius 2 is 0.896 bits per heavy atom. The van der Waals surface area contributed by atoms with Gasteiger partial charge in [-0.3, -0.25) is 0 Å². The van der Waals surface area contributed by atoms with Crippen LogP contribution in [0.15, 0.2) is 119 Å². The highest BCUT2D eigenvalue weighted by Crippen LogP contribution is 3.08. The van der Waals surface area contributed by atoms with Crippen molar-refractivity contribution in [1.82, 2.24) is 0 Å². The van der Waals surface area contributed by atoms with Crippen LogP contribution < -0.4 is 0 Å². The molecule has 4 bridgehead atoms.